The van der Waals surface area contributed by atoms with E-state index in [-0.39, 0.29) is 11.4 Å². The number of rotatable bonds is 6. The van der Waals surface area contributed by atoms with Crippen molar-refractivity contribution in [1.29, 1.82) is 0 Å². The number of hydrogen-bond donors (Lipinski definition) is 2. The van der Waals surface area contributed by atoms with Gasteiger partial charge in [-0.05, 0) is 61.6 Å². The highest BCUT2D eigenvalue weighted by Gasteiger charge is 2.32. The maximum Gasteiger partial charge on any atom is 0.417 e. The number of aromatic nitrogens is 1. The Morgan fingerprint density at radius 2 is 1.89 bits per heavy atom. The maximum atomic E-state index is 13.2. The Labute approximate surface area is 214 Å². The summed E-state index contributed by atoms with van der Waals surface area (Å²) in [6.07, 6.45) is 8.13. The molecule has 2 N–H and O–H groups in total. The van der Waals surface area contributed by atoms with Crippen LogP contribution in [0.2, 0.25) is 0 Å². The summed E-state index contributed by atoms with van der Waals surface area (Å²) in [7, 11) is 0. The summed E-state index contributed by atoms with van der Waals surface area (Å²) in [4.78, 5) is 24.2. The molecule has 2 aliphatic heterocycles. The van der Waals surface area contributed by atoms with Crippen molar-refractivity contribution in [3.05, 3.63) is 96.4 Å². The minimum absolute atomic E-state index is 0.0945. The molecule has 1 amide bonds. The van der Waals surface area contributed by atoms with Crippen LogP contribution in [0.1, 0.15) is 30.4 Å². The number of carbonyl (C=O) groups is 1. The van der Waals surface area contributed by atoms with Crippen molar-refractivity contribution in [2.75, 3.05) is 18.0 Å². The first-order valence-electron chi connectivity index (χ1n) is 12.0. The summed E-state index contributed by atoms with van der Waals surface area (Å²) < 4.78 is 39.0. The zero-order valence-corrected chi connectivity index (χ0v) is 20.5. The third kappa shape index (κ3) is 6.35. The van der Waals surface area contributed by atoms with E-state index >= 15 is 0 Å². The van der Waals surface area contributed by atoms with Crippen LogP contribution in [-0.4, -0.2) is 35.9 Å². The number of pyridine rings is 1. The van der Waals surface area contributed by atoms with Crippen molar-refractivity contribution in [2.45, 2.75) is 32.4 Å². The van der Waals surface area contributed by atoms with Crippen LogP contribution in [0.4, 0.5) is 18.9 Å². The van der Waals surface area contributed by atoms with Gasteiger partial charge >= 0.3 is 6.18 Å². The Morgan fingerprint density at radius 1 is 1.11 bits per heavy atom. The molecule has 1 aromatic carbocycles. The molecule has 3 heterocycles. The maximum absolute atomic E-state index is 13.2. The lowest BCUT2D eigenvalue weighted by Gasteiger charge is -2.28. The number of amides is 1. The molecule has 0 unspecified atom stereocenters. The summed E-state index contributed by atoms with van der Waals surface area (Å²) in [5.41, 5.74) is 3.61. The number of alkyl halides is 3. The van der Waals surface area contributed by atoms with Gasteiger partial charge < -0.3 is 15.5 Å². The van der Waals surface area contributed by atoms with Gasteiger partial charge in [-0.3, -0.25) is 14.8 Å². The summed E-state index contributed by atoms with van der Waals surface area (Å²) in [6, 6.07) is 7.82. The largest absolute Gasteiger partial charge is 0.417 e. The topological polar surface area (TPSA) is 69.6 Å². The van der Waals surface area contributed by atoms with Gasteiger partial charge in [0.25, 0.3) is 5.91 Å². The smallest absolute Gasteiger partial charge is 0.370 e. The van der Waals surface area contributed by atoms with Gasteiger partial charge in [0, 0.05) is 49.0 Å². The summed E-state index contributed by atoms with van der Waals surface area (Å²) in [5, 5.41) is 5.08. The molecule has 192 valence electrons. The van der Waals surface area contributed by atoms with Gasteiger partial charge in [0.1, 0.15) is 5.71 Å². The fourth-order valence-corrected chi connectivity index (χ4v) is 4.25. The molecule has 0 bridgehead atoms. The molecule has 1 saturated heterocycles. The molecule has 2 aliphatic rings. The molecule has 9 heteroatoms. The normalized spacial score (nSPS) is 16.3. The number of benzene rings is 1. The summed E-state index contributed by atoms with van der Waals surface area (Å²) in [6.45, 7) is 7.48. The summed E-state index contributed by atoms with van der Waals surface area (Å²) in [5.74, 6) is -0.575. The Kier molecular flexibility index (Phi) is 7.91. The number of nitrogens with one attached hydrogen (secondary N) is 2. The quantitative estimate of drug-likeness (QED) is 0.504. The molecule has 0 saturated carbocycles. The molecule has 1 aromatic heterocycles. The first-order chi connectivity index (χ1) is 17.8. The van der Waals surface area contributed by atoms with E-state index in [1.165, 1.54) is 24.9 Å². The molecule has 0 radical (unpaired) electrons. The van der Waals surface area contributed by atoms with E-state index in [1.807, 2.05) is 31.3 Å². The van der Waals surface area contributed by atoms with Crippen LogP contribution < -0.4 is 15.5 Å². The van der Waals surface area contributed by atoms with E-state index in [2.05, 4.69) is 38.2 Å². The number of nitrogens with zero attached hydrogens (tertiary/aromatic N) is 3. The molecule has 6 nitrogen and oxygen atoms in total. The molecule has 0 atom stereocenters. The fraction of sp³-hybridized carbons (Fsp3) is 0.250. The predicted octanol–water partition coefficient (Wildman–Crippen LogP) is 5.54. The van der Waals surface area contributed by atoms with Gasteiger partial charge in [0.15, 0.2) is 0 Å². The van der Waals surface area contributed by atoms with Crippen molar-refractivity contribution in [2.24, 2.45) is 4.99 Å². The van der Waals surface area contributed by atoms with Crippen LogP contribution in [0.25, 0.3) is 11.1 Å². The minimum atomic E-state index is -4.51. The zero-order chi connectivity index (χ0) is 26.4. The van der Waals surface area contributed by atoms with Crippen molar-refractivity contribution < 1.29 is 18.0 Å². The second-order valence-corrected chi connectivity index (χ2v) is 8.82. The second kappa shape index (κ2) is 11.3. The lowest BCUT2D eigenvalue weighted by atomic mass is 9.97. The molecular weight excluding hydrogens is 479 g/mol. The molecule has 0 spiro atoms. The highest BCUT2D eigenvalue weighted by atomic mass is 19.4. The van der Waals surface area contributed by atoms with Gasteiger partial charge in [-0.1, -0.05) is 18.7 Å². The molecule has 4 rings (SSSR count). The Balaban J connectivity index is 1.59. The molecule has 1 fully saturated rings. The van der Waals surface area contributed by atoms with Crippen LogP contribution in [0.5, 0.6) is 0 Å². The Morgan fingerprint density at radius 3 is 2.62 bits per heavy atom. The summed E-state index contributed by atoms with van der Waals surface area (Å²) >= 11 is 0. The number of carbonyl (C=O) groups excluding carboxylic acids is 1. The van der Waals surface area contributed by atoms with Crippen LogP contribution in [0, 0.1) is 6.92 Å². The number of aryl methyl sites for hydroxylation is 1. The van der Waals surface area contributed by atoms with Crippen LogP contribution in [0.15, 0.2) is 90.3 Å². The van der Waals surface area contributed by atoms with E-state index in [4.69, 9.17) is 0 Å². The number of allylic oxidation sites excluding steroid dienone is 3. The van der Waals surface area contributed by atoms with E-state index in [0.717, 1.165) is 60.6 Å². The highest BCUT2D eigenvalue weighted by Crippen LogP contribution is 2.28. The number of aliphatic imine (C=N–C) groups is 1. The highest BCUT2D eigenvalue weighted by molar-refractivity contribution is 6.46. The van der Waals surface area contributed by atoms with Crippen molar-refractivity contribution in [1.82, 2.24) is 15.6 Å². The van der Waals surface area contributed by atoms with Crippen LogP contribution >= 0.6 is 0 Å². The number of anilines is 1. The average molecular weight is 508 g/mol. The predicted molar refractivity (Wildman–Crippen MR) is 140 cm³/mol. The van der Waals surface area contributed by atoms with E-state index < -0.39 is 17.7 Å². The molecular formula is C28H28F3N5O. The average Bonchev–Trinajstić information content (AvgIpc) is 3.14. The molecule has 37 heavy (non-hydrogen) atoms. The van der Waals surface area contributed by atoms with Gasteiger partial charge in [-0.15, -0.1) is 0 Å². The SMILES string of the molecule is C=CN=C(C(=O)NC1=CNC=C(C(F)(F)F)C=C1)c1cc(-c2cncc(N3CCCCC3)c2)ccc1C. The third-order valence-corrected chi connectivity index (χ3v) is 6.21. The minimum Gasteiger partial charge on any atom is -0.370 e. The van der Waals surface area contributed by atoms with E-state index in [1.54, 1.807) is 6.20 Å². The lowest BCUT2D eigenvalue weighted by molar-refractivity contribution is -0.114. The first-order valence-corrected chi connectivity index (χ1v) is 12.0. The zero-order valence-electron chi connectivity index (χ0n) is 20.5. The lowest BCUT2D eigenvalue weighted by Crippen LogP contribution is -2.31. The molecule has 2 aromatic rings. The fourth-order valence-electron chi connectivity index (χ4n) is 4.25. The number of piperidine rings is 1. The third-order valence-electron chi connectivity index (χ3n) is 6.21. The Hall–Kier alpha value is -4.14. The standard InChI is InChI=1S/C28H28F3N5O/c1-3-34-26(27(37)35-23-10-9-22(16-33-17-23)28(29,30)31)25-14-20(8-7-19(25)2)21-13-24(18-32-15-21)36-11-5-4-6-12-36/h3,7-10,13-18,33H,1,4-6,11-12H2,2H3,(H,35,37). The van der Waals surface area contributed by atoms with Crippen molar-refractivity contribution in [3.63, 3.8) is 0 Å². The monoisotopic (exact) mass is 507 g/mol. The van der Waals surface area contributed by atoms with Crippen LogP contribution in [0.3, 0.4) is 0 Å². The Bertz CT molecular complexity index is 1300. The first kappa shape index (κ1) is 25.9. The van der Waals surface area contributed by atoms with Gasteiger partial charge in [-0.25, -0.2) is 0 Å². The molecule has 0 aliphatic carbocycles. The van der Waals surface area contributed by atoms with Gasteiger partial charge in [0.05, 0.1) is 23.2 Å². The van der Waals surface area contributed by atoms with Gasteiger partial charge in [-0.2, -0.15) is 13.2 Å². The van der Waals surface area contributed by atoms with Gasteiger partial charge in [0.2, 0.25) is 0 Å². The van der Waals surface area contributed by atoms with Crippen molar-refractivity contribution in [3.8, 4) is 11.1 Å². The second-order valence-electron chi connectivity index (χ2n) is 8.82. The van der Waals surface area contributed by atoms with Crippen molar-refractivity contribution >= 4 is 17.3 Å². The number of hydrogen-bond acceptors (Lipinski definition) is 5. The van der Waals surface area contributed by atoms with E-state index in [9.17, 15) is 18.0 Å². The van der Waals surface area contributed by atoms with E-state index in [0.29, 0.717) is 5.56 Å². The van der Waals surface area contributed by atoms with Crippen LogP contribution in [-0.2, 0) is 4.79 Å². The number of halogens is 3.